The third-order valence-electron chi connectivity index (χ3n) is 5.85. The van der Waals surface area contributed by atoms with E-state index in [9.17, 15) is 9.59 Å². The van der Waals surface area contributed by atoms with Gasteiger partial charge in [0.1, 0.15) is 11.8 Å². The number of nitrogens with zero attached hydrogens (tertiary/aromatic N) is 3. The maximum Gasteiger partial charge on any atom is 0.256 e. The van der Waals surface area contributed by atoms with E-state index < -0.39 is 6.04 Å². The number of amides is 2. The van der Waals surface area contributed by atoms with E-state index in [-0.39, 0.29) is 18.2 Å². The van der Waals surface area contributed by atoms with Gasteiger partial charge < -0.3 is 19.7 Å². The highest BCUT2D eigenvalue weighted by molar-refractivity contribution is 7.80. The van der Waals surface area contributed by atoms with Crippen molar-refractivity contribution in [1.29, 1.82) is 0 Å². The third-order valence-corrected chi connectivity index (χ3v) is 6.26. The van der Waals surface area contributed by atoms with Gasteiger partial charge in [0.15, 0.2) is 5.11 Å². The Hall–Kier alpha value is -3.01. The number of para-hydroxylation sites is 1. The second-order valence-electron chi connectivity index (χ2n) is 7.94. The number of methoxy groups -OCH3 is 1. The molecule has 2 aromatic carbocycles. The summed E-state index contributed by atoms with van der Waals surface area (Å²) in [4.78, 5) is 32.0. The number of thiocarbonyl (C=S) groups is 1. The normalized spacial score (nSPS) is 19.1. The predicted octanol–water partition coefficient (Wildman–Crippen LogP) is 2.36. The summed E-state index contributed by atoms with van der Waals surface area (Å²) in [5, 5.41) is 3.31. The van der Waals surface area contributed by atoms with E-state index in [2.05, 4.69) is 10.2 Å². The van der Waals surface area contributed by atoms with Crippen LogP contribution < -0.4 is 15.0 Å². The number of morpholine rings is 1. The zero-order valence-electron chi connectivity index (χ0n) is 18.6. The van der Waals surface area contributed by atoms with Crippen molar-refractivity contribution < 1.29 is 19.1 Å². The first-order valence-corrected chi connectivity index (χ1v) is 11.4. The van der Waals surface area contributed by atoms with Crippen molar-refractivity contribution in [3.05, 3.63) is 54.6 Å². The van der Waals surface area contributed by atoms with E-state index in [1.807, 2.05) is 35.2 Å². The van der Waals surface area contributed by atoms with Crippen LogP contribution in [0.3, 0.4) is 0 Å². The second kappa shape index (κ2) is 10.7. The Kier molecular flexibility index (Phi) is 7.54. The van der Waals surface area contributed by atoms with E-state index in [1.54, 1.807) is 36.3 Å². The summed E-state index contributed by atoms with van der Waals surface area (Å²) in [6.07, 6.45) is 0.0114. The van der Waals surface area contributed by atoms with Crippen LogP contribution in [0.1, 0.15) is 6.42 Å². The van der Waals surface area contributed by atoms with E-state index in [0.29, 0.717) is 42.0 Å². The predicted molar refractivity (Wildman–Crippen MR) is 131 cm³/mol. The summed E-state index contributed by atoms with van der Waals surface area (Å²) in [6.45, 7) is 4.41. The molecule has 0 unspecified atom stereocenters. The Labute approximate surface area is 199 Å². The number of nitrogens with one attached hydrogen (secondary N) is 1. The van der Waals surface area contributed by atoms with Gasteiger partial charge in [-0.1, -0.05) is 18.2 Å². The van der Waals surface area contributed by atoms with Gasteiger partial charge >= 0.3 is 0 Å². The van der Waals surface area contributed by atoms with Crippen molar-refractivity contribution in [2.45, 2.75) is 12.5 Å². The summed E-state index contributed by atoms with van der Waals surface area (Å²) in [5.74, 6) is 0.280. The molecule has 2 amide bonds. The number of rotatable bonds is 8. The van der Waals surface area contributed by atoms with Crippen LogP contribution in [-0.2, 0) is 14.3 Å². The second-order valence-corrected chi connectivity index (χ2v) is 8.30. The summed E-state index contributed by atoms with van der Waals surface area (Å²) < 4.78 is 10.6. The van der Waals surface area contributed by atoms with Crippen molar-refractivity contribution in [2.75, 3.05) is 56.7 Å². The first-order valence-electron chi connectivity index (χ1n) is 11.0. The molecule has 0 saturated carbocycles. The lowest BCUT2D eigenvalue weighted by molar-refractivity contribution is -0.124. The molecule has 1 atom stereocenters. The van der Waals surface area contributed by atoms with Crippen LogP contribution in [-0.4, -0.2) is 79.3 Å². The molecule has 2 aliphatic rings. The Morgan fingerprint density at radius 3 is 2.45 bits per heavy atom. The molecule has 2 aliphatic heterocycles. The molecule has 174 valence electrons. The summed E-state index contributed by atoms with van der Waals surface area (Å²) in [5.41, 5.74) is 1.36. The maximum atomic E-state index is 13.4. The first kappa shape index (κ1) is 23.2. The Bertz CT molecular complexity index is 980. The van der Waals surface area contributed by atoms with Crippen LogP contribution in [0.25, 0.3) is 0 Å². The standard InChI is InChI=1S/C24H28N4O4S/c1-31-20-9-7-18(8-10-20)25-22(29)17-21-23(30)28(19-5-3-2-4-6-19)24(33)27(21)12-11-26-13-15-32-16-14-26/h2-10,21H,11-17H2,1H3,(H,25,29)/t21-/m0/s1. The minimum Gasteiger partial charge on any atom is -0.497 e. The topological polar surface area (TPSA) is 74.4 Å². The van der Waals surface area contributed by atoms with Gasteiger partial charge in [0, 0.05) is 31.9 Å². The molecular formula is C24H28N4O4S. The average Bonchev–Trinajstić information content (AvgIpc) is 3.08. The zero-order chi connectivity index (χ0) is 23.2. The highest BCUT2D eigenvalue weighted by Crippen LogP contribution is 2.27. The molecule has 9 heteroatoms. The molecular weight excluding hydrogens is 440 g/mol. The molecule has 0 radical (unpaired) electrons. The fourth-order valence-corrected chi connectivity index (χ4v) is 4.45. The Balaban J connectivity index is 1.48. The van der Waals surface area contributed by atoms with Gasteiger partial charge in [-0.3, -0.25) is 19.4 Å². The quantitative estimate of drug-likeness (QED) is 0.596. The van der Waals surface area contributed by atoms with Crippen LogP contribution in [0.15, 0.2) is 54.6 Å². The van der Waals surface area contributed by atoms with Gasteiger partial charge in [-0.2, -0.15) is 0 Å². The van der Waals surface area contributed by atoms with Crippen molar-refractivity contribution in [3.8, 4) is 5.75 Å². The smallest absolute Gasteiger partial charge is 0.256 e. The lowest BCUT2D eigenvalue weighted by atomic mass is 10.1. The number of ether oxygens (including phenoxy) is 2. The summed E-state index contributed by atoms with van der Waals surface area (Å²) in [7, 11) is 1.59. The molecule has 0 aromatic heterocycles. The minimum atomic E-state index is -0.656. The third kappa shape index (κ3) is 5.50. The molecule has 1 N–H and O–H groups in total. The van der Waals surface area contributed by atoms with Crippen molar-refractivity contribution in [3.63, 3.8) is 0 Å². The van der Waals surface area contributed by atoms with Gasteiger partial charge in [0.2, 0.25) is 5.91 Å². The van der Waals surface area contributed by atoms with E-state index in [4.69, 9.17) is 21.7 Å². The Morgan fingerprint density at radius 1 is 1.09 bits per heavy atom. The zero-order valence-corrected chi connectivity index (χ0v) is 19.4. The molecule has 0 bridgehead atoms. The number of carbonyl (C=O) groups is 2. The molecule has 0 aliphatic carbocycles. The Morgan fingerprint density at radius 2 is 1.79 bits per heavy atom. The fraction of sp³-hybridized carbons (Fsp3) is 0.375. The van der Waals surface area contributed by atoms with Gasteiger partial charge in [0.05, 0.1) is 32.4 Å². The van der Waals surface area contributed by atoms with Crippen LogP contribution in [0, 0.1) is 0 Å². The highest BCUT2D eigenvalue weighted by Gasteiger charge is 2.44. The molecule has 33 heavy (non-hydrogen) atoms. The maximum absolute atomic E-state index is 13.4. The number of anilines is 2. The lowest BCUT2D eigenvalue weighted by Gasteiger charge is -2.30. The number of carbonyl (C=O) groups excluding carboxylic acids is 2. The van der Waals surface area contributed by atoms with Gasteiger partial charge in [-0.25, -0.2) is 0 Å². The first-order chi connectivity index (χ1) is 16.1. The van der Waals surface area contributed by atoms with E-state index >= 15 is 0 Å². The molecule has 4 rings (SSSR count). The summed E-state index contributed by atoms with van der Waals surface area (Å²) in [6, 6.07) is 15.8. The average molecular weight is 469 g/mol. The molecule has 2 fully saturated rings. The molecule has 8 nitrogen and oxygen atoms in total. The molecule has 2 heterocycles. The minimum absolute atomic E-state index is 0.0114. The van der Waals surface area contributed by atoms with Gasteiger partial charge in [-0.15, -0.1) is 0 Å². The van der Waals surface area contributed by atoms with Crippen LogP contribution >= 0.6 is 12.2 Å². The van der Waals surface area contributed by atoms with Crippen molar-refractivity contribution >= 4 is 40.5 Å². The molecule has 2 aromatic rings. The van der Waals surface area contributed by atoms with Gasteiger partial charge in [0.25, 0.3) is 5.91 Å². The lowest BCUT2D eigenvalue weighted by Crippen LogP contribution is -2.45. The van der Waals surface area contributed by atoms with Crippen LogP contribution in [0.2, 0.25) is 0 Å². The van der Waals surface area contributed by atoms with Crippen LogP contribution in [0.4, 0.5) is 11.4 Å². The monoisotopic (exact) mass is 468 g/mol. The van der Waals surface area contributed by atoms with Crippen molar-refractivity contribution in [2.24, 2.45) is 0 Å². The van der Waals surface area contributed by atoms with E-state index in [1.165, 1.54) is 0 Å². The SMILES string of the molecule is COc1ccc(NC(=O)C[C@H]2C(=O)N(c3ccccc3)C(=S)N2CCN2CCOCC2)cc1. The van der Waals surface area contributed by atoms with Gasteiger partial charge in [-0.05, 0) is 48.6 Å². The largest absolute Gasteiger partial charge is 0.497 e. The molecule has 0 spiro atoms. The highest BCUT2D eigenvalue weighted by atomic mass is 32.1. The number of benzene rings is 2. The van der Waals surface area contributed by atoms with E-state index in [0.717, 1.165) is 19.6 Å². The number of hydrogen-bond donors (Lipinski definition) is 1. The van der Waals surface area contributed by atoms with Crippen LogP contribution in [0.5, 0.6) is 5.75 Å². The van der Waals surface area contributed by atoms with Crippen molar-refractivity contribution in [1.82, 2.24) is 9.80 Å². The number of hydrogen-bond acceptors (Lipinski definition) is 6. The summed E-state index contributed by atoms with van der Waals surface area (Å²) >= 11 is 5.72. The molecule has 2 saturated heterocycles. The fourth-order valence-electron chi connectivity index (χ4n) is 4.04.